The molecule has 0 spiro atoms. The molecule has 1 aliphatic rings. The third-order valence-corrected chi connectivity index (χ3v) is 3.43. The van der Waals surface area contributed by atoms with Gasteiger partial charge in [-0.25, -0.2) is 4.79 Å². The SMILES string of the molecule is C#C[C@@H](NC(=O)Nc1cnn(C(C)(C)C)c1)[C@H]1CCOC1. The van der Waals surface area contributed by atoms with Gasteiger partial charge in [0.2, 0.25) is 0 Å². The quantitative estimate of drug-likeness (QED) is 0.834. The van der Waals surface area contributed by atoms with Crippen LogP contribution in [0.1, 0.15) is 27.2 Å². The van der Waals surface area contributed by atoms with Crippen molar-refractivity contribution in [2.45, 2.75) is 38.8 Å². The Bertz CT molecular complexity index is 533. The zero-order chi connectivity index (χ0) is 15.5. The van der Waals surface area contributed by atoms with Gasteiger partial charge in [-0.1, -0.05) is 5.92 Å². The maximum atomic E-state index is 12.0. The highest BCUT2D eigenvalue weighted by molar-refractivity contribution is 5.89. The Hall–Kier alpha value is -2.00. The van der Waals surface area contributed by atoms with Crippen molar-refractivity contribution in [1.82, 2.24) is 15.1 Å². The molecule has 21 heavy (non-hydrogen) atoms. The molecule has 0 radical (unpaired) electrons. The molecule has 114 valence electrons. The topological polar surface area (TPSA) is 68.2 Å². The first-order chi connectivity index (χ1) is 9.90. The van der Waals surface area contributed by atoms with E-state index in [9.17, 15) is 4.79 Å². The van der Waals surface area contributed by atoms with Crippen molar-refractivity contribution in [3.63, 3.8) is 0 Å². The van der Waals surface area contributed by atoms with Gasteiger partial charge in [0.1, 0.15) is 0 Å². The van der Waals surface area contributed by atoms with Gasteiger partial charge >= 0.3 is 6.03 Å². The van der Waals surface area contributed by atoms with E-state index in [4.69, 9.17) is 11.2 Å². The summed E-state index contributed by atoms with van der Waals surface area (Å²) in [7, 11) is 0. The molecule has 1 aliphatic heterocycles. The first-order valence-corrected chi connectivity index (χ1v) is 7.06. The first-order valence-electron chi connectivity index (χ1n) is 7.06. The van der Waals surface area contributed by atoms with Gasteiger partial charge in [0.25, 0.3) is 0 Å². The summed E-state index contributed by atoms with van der Waals surface area (Å²) in [4.78, 5) is 12.0. The molecule has 1 aromatic heterocycles. The van der Waals surface area contributed by atoms with E-state index in [0.29, 0.717) is 18.9 Å². The zero-order valence-electron chi connectivity index (χ0n) is 12.7. The fourth-order valence-corrected chi connectivity index (χ4v) is 2.17. The Balaban J connectivity index is 1.92. The molecule has 6 nitrogen and oxygen atoms in total. The fraction of sp³-hybridized carbons (Fsp3) is 0.600. The van der Waals surface area contributed by atoms with Crippen LogP contribution in [0.4, 0.5) is 10.5 Å². The van der Waals surface area contributed by atoms with Crippen molar-refractivity contribution >= 4 is 11.7 Å². The van der Waals surface area contributed by atoms with Gasteiger partial charge in [0.15, 0.2) is 0 Å². The molecular weight excluding hydrogens is 268 g/mol. The second-order valence-electron chi connectivity index (χ2n) is 6.21. The Morgan fingerprint density at radius 3 is 2.90 bits per heavy atom. The number of rotatable bonds is 3. The molecule has 0 saturated carbocycles. The molecule has 1 aromatic rings. The number of amides is 2. The number of hydrogen-bond acceptors (Lipinski definition) is 3. The summed E-state index contributed by atoms with van der Waals surface area (Å²) in [5, 5.41) is 9.79. The van der Waals surface area contributed by atoms with E-state index in [1.54, 1.807) is 17.1 Å². The molecule has 0 aromatic carbocycles. The van der Waals surface area contributed by atoms with Crippen LogP contribution in [-0.4, -0.2) is 35.1 Å². The molecule has 0 bridgehead atoms. The molecule has 1 saturated heterocycles. The number of nitrogens with zero attached hydrogens (tertiary/aromatic N) is 2. The number of aromatic nitrogens is 2. The minimum atomic E-state index is -0.321. The molecule has 2 heterocycles. The number of nitrogens with one attached hydrogen (secondary N) is 2. The highest BCUT2D eigenvalue weighted by atomic mass is 16.5. The summed E-state index contributed by atoms with van der Waals surface area (Å²) in [5.41, 5.74) is 0.514. The number of terminal acetylenes is 1. The van der Waals surface area contributed by atoms with Crippen molar-refractivity contribution in [2.75, 3.05) is 18.5 Å². The summed E-state index contributed by atoms with van der Waals surface area (Å²) in [6, 6.07) is -0.636. The normalized spacial score (nSPS) is 19.8. The standard InChI is InChI=1S/C15H22N4O2/c1-5-13(11-6-7-21-10-11)18-14(20)17-12-8-16-19(9-12)15(2,3)4/h1,8-9,11,13H,6-7,10H2,2-4H3,(H2,17,18,20)/t11-,13+/m0/s1. The summed E-state index contributed by atoms with van der Waals surface area (Å²) in [5.74, 6) is 2.80. The molecule has 0 unspecified atom stereocenters. The van der Waals surface area contributed by atoms with Gasteiger partial charge in [0.05, 0.1) is 30.1 Å². The van der Waals surface area contributed by atoms with Crippen molar-refractivity contribution in [1.29, 1.82) is 0 Å². The lowest BCUT2D eigenvalue weighted by molar-refractivity contribution is 0.181. The summed E-state index contributed by atoms with van der Waals surface area (Å²) in [6.45, 7) is 7.41. The van der Waals surface area contributed by atoms with Gasteiger partial charge in [-0.15, -0.1) is 6.42 Å². The van der Waals surface area contributed by atoms with Crippen LogP contribution in [0, 0.1) is 18.3 Å². The predicted molar refractivity (Wildman–Crippen MR) is 80.9 cm³/mol. The van der Waals surface area contributed by atoms with Crippen LogP contribution in [0.5, 0.6) is 0 Å². The van der Waals surface area contributed by atoms with Gasteiger partial charge < -0.3 is 15.4 Å². The van der Waals surface area contributed by atoms with Crippen LogP contribution in [0.15, 0.2) is 12.4 Å². The average molecular weight is 290 g/mol. The van der Waals surface area contributed by atoms with Gasteiger partial charge in [-0.05, 0) is 27.2 Å². The molecule has 2 amide bonds. The number of urea groups is 1. The third kappa shape index (κ3) is 3.99. The Morgan fingerprint density at radius 2 is 2.38 bits per heavy atom. The van der Waals surface area contributed by atoms with Crippen molar-refractivity contribution in [3.8, 4) is 12.3 Å². The number of carbonyl (C=O) groups excluding carboxylic acids is 1. The van der Waals surface area contributed by atoms with E-state index in [1.807, 2.05) is 20.8 Å². The van der Waals surface area contributed by atoms with E-state index in [1.165, 1.54) is 0 Å². The molecule has 6 heteroatoms. The van der Waals surface area contributed by atoms with E-state index < -0.39 is 0 Å². The summed E-state index contributed by atoms with van der Waals surface area (Å²) >= 11 is 0. The third-order valence-electron chi connectivity index (χ3n) is 3.43. The van der Waals surface area contributed by atoms with Crippen molar-refractivity contribution in [2.24, 2.45) is 5.92 Å². The minimum absolute atomic E-state index is 0.126. The Morgan fingerprint density at radius 1 is 1.62 bits per heavy atom. The van der Waals surface area contributed by atoms with Crippen LogP contribution in [0.2, 0.25) is 0 Å². The fourth-order valence-electron chi connectivity index (χ4n) is 2.17. The maximum Gasteiger partial charge on any atom is 0.320 e. The second-order valence-corrected chi connectivity index (χ2v) is 6.21. The first kappa shape index (κ1) is 15.4. The van der Waals surface area contributed by atoms with Crippen LogP contribution >= 0.6 is 0 Å². The number of hydrogen-bond donors (Lipinski definition) is 2. The maximum absolute atomic E-state index is 12.0. The summed E-state index contributed by atoms with van der Waals surface area (Å²) < 4.78 is 7.10. The van der Waals surface area contributed by atoms with E-state index in [0.717, 1.165) is 6.42 Å². The average Bonchev–Trinajstić information content (AvgIpc) is 3.05. The van der Waals surface area contributed by atoms with E-state index >= 15 is 0 Å². The van der Waals surface area contributed by atoms with Gasteiger partial charge in [-0.3, -0.25) is 4.68 Å². The largest absolute Gasteiger partial charge is 0.381 e. The Labute approximate surface area is 125 Å². The number of ether oxygens (including phenoxy) is 1. The molecule has 2 N–H and O–H groups in total. The number of carbonyl (C=O) groups is 1. The van der Waals surface area contributed by atoms with Crippen molar-refractivity contribution in [3.05, 3.63) is 12.4 Å². The van der Waals surface area contributed by atoms with Crippen LogP contribution < -0.4 is 10.6 Å². The smallest absolute Gasteiger partial charge is 0.320 e. The molecule has 2 atom stereocenters. The van der Waals surface area contributed by atoms with Crippen LogP contribution in [0.25, 0.3) is 0 Å². The predicted octanol–water partition coefficient (Wildman–Crippen LogP) is 1.80. The van der Waals surface area contributed by atoms with Crippen LogP contribution in [0.3, 0.4) is 0 Å². The molecule has 1 fully saturated rings. The monoisotopic (exact) mass is 290 g/mol. The molecule has 2 rings (SSSR count). The van der Waals surface area contributed by atoms with E-state index in [2.05, 4.69) is 21.7 Å². The van der Waals surface area contributed by atoms with Gasteiger partial charge in [-0.2, -0.15) is 5.10 Å². The highest BCUT2D eigenvalue weighted by Crippen LogP contribution is 2.17. The van der Waals surface area contributed by atoms with Crippen molar-refractivity contribution < 1.29 is 9.53 Å². The summed E-state index contributed by atoms with van der Waals surface area (Å²) in [6.07, 6.45) is 9.78. The van der Waals surface area contributed by atoms with Crippen LogP contribution in [-0.2, 0) is 10.3 Å². The zero-order valence-corrected chi connectivity index (χ0v) is 12.7. The lowest BCUT2D eigenvalue weighted by atomic mass is 10.00. The molecule has 0 aliphatic carbocycles. The molecular formula is C15H22N4O2. The lowest BCUT2D eigenvalue weighted by Crippen LogP contribution is -2.41. The van der Waals surface area contributed by atoms with E-state index in [-0.39, 0.29) is 23.5 Å². The second kappa shape index (κ2) is 6.19. The lowest BCUT2D eigenvalue weighted by Gasteiger charge is -2.19. The minimum Gasteiger partial charge on any atom is -0.381 e. The number of anilines is 1. The van der Waals surface area contributed by atoms with Gasteiger partial charge in [0, 0.05) is 18.7 Å². The highest BCUT2D eigenvalue weighted by Gasteiger charge is 2.25. The Kier molecular flexibility index (Phi) is 4.53.